The van der Waals surface area contributed by atoms with Gasteiger partial charge in [-0.3, -0.25) is 9.36 Å². The molecule has 1 fully saturated rings. The molecule has 220 valence electrons. The molecule has 0 saturated carbocycles. The van der Waals surface area contributed by atoms with Crippen LogP contribution in [0.25, 0.3) is 11.0 Å². The quantitative estimate of drug-likeness (QED) is 0.274. The first-order valence-corrected chi connectivity index (χ1v) is 16.0. The second-order valence-electron chi connectivity index (χ2n) is 10.6. The number of hydrogen-bond acceptors (Lipinski definition) is 12. The molecular weight excluding hydrogens is 575 g/mol. The van der Waals surface area contributed by atoms with Crippen LogP contribution in [0.3, 0.4) is 0 Å². The van der Waals surface area contributed by atoms with Crippen LogP contribution in [-0.4, -0.2) is 84.8 Å². The van der Waals surface area contributed by atoms with Crippen molar-refractivity contribution < 1.29 is 8.42 Å². The van der Waals surface area contributed by atoms with Gasteiger partial charge in [-0.15, -0.1) is 0 Å². The topological polar surface area (TPSA) is 149 Å². The van der Waals surface area contributed by atoms with E-state index in [2.05, 4.69) is 36.9 Å². The number of sulfone groups is 1. The van der Waals surface area contributed by atoms with Crippen LogP contribution in [0, 0.1) is 11.3 Å². The zero-order valence-electron chi connectivity index (χ0n) is 23.7. The molecule has 0 spiro atoms. The maximum absolute atomic E-state index is 13.3. The predicted octanol–water partition coefficient (Wildman–Crippen LogP) is 2.44. The first-order chi connectivity index (χ1) is 20.2. The minimum Gasteiger partial charge on any atom is -0.372 e. The van der Waals surface area contributed by atoms with Gasteiger partial charge in [0, 0.05) is 54.4 Å². The van der Waals surface area contributed by atoms with Gasteiger partial charge in [-0.25, -0.2) is 13.4 Å². The minimum atomic E-state index is -3.63. The number of hydrogen-bond donors (Lipinski definition) is 2. The maximum atomic E-state index is 13.3. The van der Waals surface area contributed by atoms with E-state index in [4.69, 9.17) is 0 Å². The van der Waals surface area contributed by atoms with Gasteiger partial charge in [-0.05, 0) is 81.9 Å². The van der Waals surface area contributed by atoms with Crippen molar-refractivity contribution in [3.8, 4) is 6.07 Å². The number of rotatable bonds is 10. The van der Waals surface area contributed by atoms with E-state index in [1.165, 1.54) is 16.8 Å². The van der Waals surface area contributed by atoms with Gasteiger partial charge in [0.2, 0.25) is 5.95 Å². The fourth-order valence-corrected chi connectivity index (χ4v) is 7.59. The number of aromatic nitrogens is 4. The van der Waals surface area contributed by atoms with Crippen LogP contribution in [0.5, 0.6) is 0 Å². The summed E-state index contributed by atoms with van der Waals surface area (Å²) in [5.74, 6) is 0.188. The molecule has 2 N–H and O–H groups in total. The van der Waals surface area contributed by atoms with Crippen LogP contribution in [0.1, 0.15) is 24.0 Å². The number of nitriles is 1. The number of fused-ring (bicyclic) bond motifs is 1. The summed E-state index contributed by atoms with van der Waals surface area (Å²) in [6, 6.07) is 11.9. The zero-order chi connectivity index (χ0) is 29.9. The summed E-state index contributed by atoms with van der Waals surface area (Å²) in [4.78, 5) is 26.4. The van der Waals surface area contributed by atoms with E-state index in [1.54, 1.807) is 25.2 Å². The van der Waals surface area contributed by atoms with Crippen molar-refractivity contribution in [1.29, 1.82) is 5.26 Å². The molecule has 42 heavy (non-hydrogen) atoms. The SMILES string of the molecule is CN(C)CCS(=O)(=O)c1sncc1Cn1c(=O)c(C#N)cc2cnc(Nc3ccc(N(C)C4CCNCC4)cc3)nc21. The number of benzene rings is 1. The fourth-order valence-electron chi connectivity index (χ4n) is 4.94. The number of nitrogens with one attached hydrogen (secondary N) is 2. The number of nitrogens with zero attached hydrogens (tertiary/aromatic N) is 7. The van der Waals surface area contributed by atoms with Crippen LogP contribution in [0.2, 0.25) is 0 Å². The van der Waals surface area contributed by atoms with Gasteiger partial charge in [0.1, 0.15) is 21.5 Å². The van der Waals surface area contributed by atoms with Crippen molar-refractivity contribution in [2.24, 2.45) is 0 Å². The molecule has 0 amide bonds. The second kappa shape index (κ2) is 12.5. The van der Waals surface area contributed by atoms with E-state index >= 15 is 0 Å². The molecule has 1 saturated heterocycles. The van der Waals surface area contributed by atoms with Gasteiger partial charge in [0.25, 0.3) is 5.56 Å². The largest absolute Gasteiger partial charge is 0.372 e. The molecule has 0 radical (unpaired) electrons. The summed E-state index contributed by atoms with van der Waals surface area (Å²) in [6.45, 7) is 2.28. The molecule has 1 aromatic carbocycles. The Bertz CT molecular complexity index is 1770. The molecule has 0 aliphatic carbocycles. The van der Waals surface area contributed by atoms with E-state index < -0.39 is 15.4 Å². The normalized spacial score (nSPS) is 14.3. The van der Waals surface area contributed by atoms with E-state index in [1.807, 2.05) is 30.3 Å². The Kier molecular flexibility index (Phi) is 8.83. The van der Waals surface area contributed by atoms with E-state index in [0.717, 1.165) is 48.8 Å². The Labute approximate surface area is 248 Å². The van der Waals surface area contributed by atoms with Crippen LogP contribution in [0.15, 0.2) is 51.7 Å². The van der Waals surface area contributed by atoms with E-state index in [0.29, 0.717) is 23.5 Å². The third kappa shape index (κ3) is 6.44. The highest BCUT2D eigenvalue weighted by Crippen LogP contribution is 2.26. The van der Waals surface area contributed by atoms with Crippen molar-refractivity contribution in [2.75, 3.05) is 56.7 Å². The lowest BCUT2D eigenvalue weighted by molar-refractivity contribution is 0.432. The molecular formula is C28H33N9O3S2. The average molecular weight is 608 g/mol. The molecule has 0 atom stereocenters. The Balaban J connectivity index is 1.44. The Morgan fingerprint density at radius 3 is 2.60 bits per heavy atom. The van der Waals surface area contributed by atoms with Crippen LogP contribution < -0.4 is 21.1 Å². The third-order valence-corrected chi connectivity index (χ3v) is 10.5. The van der Waals surface area contributed by atoms with Gasteiger partial charge < -0.3 is 20.4 Å². The molecule has 12 nitrogen and oxygen atoms in total. The zero-order valence-corrected chi connectivity index (χ0v) is 25.4. The predicted molar refractivity (Wildman–Crippen MR) is 164 cm³/mol. The first-order valence-electron chi connectivity index (χ1n) is 13.6. The lowest BCUT2D eigenvalue weighted by atomic mass is 10.0. The molecule has 3 aromatic heterocycles. The lowest BCUT2D eigenvalue weighted by Gasteiger charge is -2.33. The summed E-state index contributed by atoms with van der Waals surface area (Å²) < 4.78 is 31.6. The van der Waals surface area contributed by atoms with Crippen molar-refractivity contribution >= 4 is 49.7 Å². The summed E-state index contributed by atoms with van der Waals surface area (Å²) >= 11 is 0.877. The highest BCUT2D eigenvalue weighted by atomic mass is 32.2. The van der Waals surface area contributed by atoms with Crippen LogP contribution in [0.4, 0.5) is 17.3 Å². The van der Waals surface area contributed by atoms with Gasteiger partial charge in [0.15, 0.2) is 9.84 Å². The highest BCUT2D eigenvalue weighted by molar-refractivity contribution is 7.93. The molecule has 1 aliphatic rings. The second-order valence-corrected chi connectivity index (χ2v) is 13.7. The van der Waals surface area contributed by atoms with Crippen molar-refractivity contribution in [3.63, 3.8) is 0 Å². The summed E-state index contributed by atoms with van der Waals surface area (Å²) in [6.07, 6.45) is 5.19. The summed E-state index contributed by atoms with van der Waals surface area (Å²) in [5, 5.41) is 16.7. The molecule has 5 rings (SSSR count). The van der Waals surface area contributed by atoms with Gasteiger partial charge in [0.05, 0.1) is 12.3 Å². The molecule has 14 heteroatoms. The van der Waals surface area contributed by atoms with Gasteiger partial charge in [-0.1, -0.05) is 0 Å². The Hall–Kier alpha value is -3.90. The van der Waals surface area contributed by atoms with Crippen molar-refractivity contribution in [1.82, 2.24) is 29.1 Å². The number of anilines is 3. The van der Waals surface area contributed by atoms with Gasteiger partial charge >= 0.3 is 0 Å². The first kappa shape index (κ1) is 29.6. The van der Waals surface area contributed by atoms with Crippen molar-refractivity contribution in [3.05, 3.63) is 64.2 Å². The van der Waals surface area contributed by atoms with E-state index in [9.17, 15) is 18.5 Å². The third-order valence-electron chi connectivity index (χ3n) is 7.36. The molecule has 0 bridgehead atoms. The average Bonchev–Trinajstić information content (AvgIpc) is 3.47. The molecule has 1 aliphatic heterocycles. The standard InChI is InChI=1S/C28H33N9O3S2/c1-35(2)12-13-42(39,40)27-21(17-32-41-27)18-37-25-20(14-19(15-29)26(37)38)16-31-28(34-25)33-22-4-6-23(7-5-22)36(3)24-8-10-30-11-9-24/h4-7,14,16-17,24,30H,8-13,18H2,1-3H3,(H,31,33,34). The summed E-state index contributed by atoms with van der Waals surface area (Å²) in [5.41, 5.74) is 1.89. The molecule has 4 heterocycles. The lowest BCUT2D eigenvalue weighted by Crippen LogP contribution is -2.41. The van der Waals surface area contributed by atoms with Crippen LogP contribution in [-0.2, 0) is 16.4 Å². The molecule has 0 unspecified atom stereocenters. The minimum absolute atomic E-state index is 0.0776. The van der Waals surface area contributed by atoms with Gasteiger partial charge in [-0.2, -0.15) is 14.6 Å². The summed E-state index contributed by atoms with van der Waals surface area (Å²) in [7, 11) is 2.09. The maximum Gasteiger partial charge on any atom is 0.270 e. The fraction of sp³-hybridized carbons (Fsp3) is 0.393. The van der Waals surface area contributed by atoms with Crippen molar-refractivity contribution in [2.45, 2.75) is 29.6 Å². The Morgan fingerprint density at radius 2 is 1.90 bits per heavy atom. The highest BCUT2D eigenvalue weighted by Gasteiger charge is 2.24. The number of piperidine rings is 1. The molecule has 4 aromatic rings. The van der Waals surface area contributed by atoms with Crippen LogP contribution >= 0.6 is 11.5 Å². The smallest absolute Gasteiger partial charge is 0.270 e. The monoisotopic (exact) mass is 607 g/mol. The number of pyridine rings is 1. The van der Waals surface area contributed by atoms with E-state index in [-0.39, 0.29) is 33.7 Å². The Morgan fingerprint density at radius 1 is 1.17 bits per heavy atom.